The molecule has 17 heavy (non-hydrogen) atoms. The summed E-state index contributed by atoms with van der Waals surface area (Å²) in [5, 5.41) is 3.47. The van der Waals surface area contributed by atoms with Crippen molar-refractivity contribution in [1.29, 1.82) is 0 Å². The number of ether oxygens (including phenoxy) is 1. The van der Waals surface area contributed by atoms with E-state index >= 15 is 0 Å². The minimum atomic E-state index is 0.807. The SMILES string of the molecule is CCc1ccc(CNCCN(C)CCOC)s1. The van der Waals surface area contributed by atoms with Gasteiger partial charge in [-0.25, -0.2) is 0 Å². The van der Waals surface area contributed by atoms with Crippen LogP contribution in [0.1, 0.15) is 16.7 Å². The fourth-order valence-electron chi connectivity index (χ4n) is 1.55. The summed E-state index contributed by atoms with van der Waals surface area (Å²) >= 11 is 1.91. The molecular weight excluding hydrogens is 232 g/mol. The molecule has 1 rings (SSSR count). The molecule has 1 aromatic heterocycles. The van der Waals surface area contributed by atoms with Crippen molar-refractivity contribution >= 4 is 11.3 Å². The van der Waals surface area contributed by atoms with E-state index in [0.717, 1.165) is 39.2 Å². The van der Waals surface area contributed by atoms with Crippen molar-refractivity contribution in [2.75, 3.05) is 40.4 Å². The summed E-state index contributed by atoms with van der Waals surface area (Å²) in [4.78, 5) is 5.18. The first-order valence-electron chi connectivity index (χ1n) is 6.22. The van der Waals surface area contributed by atoms with Gasteiger partial charge < -0.3 is 15.0 Å². The standard InChI is InChI=1S/C13H24N2OS/c1-4-12-5-6-13(17-12)11-14-7-8-15(2)9-10-16-3/h5-6,14H,4,7-11H2,1-3H3. The fourth-order valence-corrected chi connectivity index (χ4v) is 2.48. The number of hydrogen-bond donors (Lipinski definition) is 1. The van der Waals surface area contributed by atoms with Crippen LogP contribution in [0.5, 0.6) is 0 Å². The van der Waals surface area contributed by atoms with Crippen LogP contribution in [0.3, 0.4) is 0 Å². The highest BCUT2D eigenvalue weighted by Gasteiger charge is 1.99. The summed E-state index contributed by atoms with van der Waals surface area (Å²) in [5.41, 5.74) is 0. The average Bonchev–Trinajstić information content (AvgIpc) is 2.80. The van der Waals surface area contributed by atoms with Gasteiger partial charge in [-0.1, -0.05) is 6.92 Å². The first kappa shape index (κ1) is 14.6. The van der Waals surface area contributed by atoms with Crippen molar-refractivity contribution in [3.8, 4) is 0 Å². The summed E-state index contributed by atoms with van der Waals surface area (Å²) in [5.74, 6) is 0. The summed E-state index contributed by atoms with van der Waals surface area (Å²) in [6.45, 7) is 7.09. The molecule has 0 aliphatic rings. The Balaban J connectivity index is 2.07. The van der Waals surface area contributed by atoms with Crippen LogP contribution < -0.4 is 5.32 Å². The smallest absolute Gasteiger partial charge is 0.0589 e. The second-order valence-electron chi connectivity index (χ2n) is 4.19. The van der Waals surface area contributed by atoms with E-state index in [4.69, 9.17) is 4.74 Å². The first-order chi connectivity index (χ1) is 8.26. The maximum Gasteiger partial charge on any atom is 0.0589 e. The Hall–Kier alpha value is -0.420. The lowest BCUT2D eigenvalue weighted by molar-refractivity contribution is 0.161. The predicted molar refractivity (Wildman–Crippen MR) is 74.8 cm³/mol. The van der Waals surface area contributed by atoms with Crippen LogP contribution in [-0.2, 0) is 17.7 Å². The Kier molecular flexibility index (Phi) is 7.44. The van der Waals surface area contributed by atoms with Gasteiger partial charge in [0.2, 0.25) is 0 Å². The maximum absolute atomic E-state index is 5.04. The van der Waals surface area contributed by atoms with Crippen LogP contribution >= 0.6 is 11.3 Å². The van der Waals surface area contributed by atoms with Crippen molar-refractivity contribution < 1.29 is 4.74 Å². The van der Waals surface area contributed by atoms with Gasteiger partial charge in [0.15, 0.2) is 0 Å². The Bertz CT molecular complexity index is 301. The van der Waals surface area contributed by atoms with Crippen molar-refractivity contribution in [2.24, 2.45) is 0 Å². The van der Waals surface area contributed by atoms with E-state index in [1.54, 1.807) is 7.11 Å². The van der Waals surface area contributed by atoms with Crippen LogP contribution in [0.2, 0.25) is 0 Å². The number of rotatable bonds is 9. The summed E-state index contributed by atoms with van der Waals surface area (Å²) in [6, 6.07) is 4.46. The van der Waals surface area contributed by atoms with Gasteiger partial charge in [0.05, 0.1) is 6.61 Å². The zero-order chi connectivity index (χ0) is 12.5. The largest absolute Gasteiger partial charge is 0.383 e. The molecule has 0 amide bonds. The van der Waals surface area contributed by atoms with Gasteiger partial charge in [-0.05, 0) is 25.6 Å². The second-order valence-corrected chi connectivity index (χ2v) is 5.45. The van der Waals surface area contributed by atoms with Crippen molar-refractivity contribution in [2.45, 2.75) is 19.9 Å². The normalized spacial score (nSPS) is 11.3. The molecule has 0 fully saturated rings. The zero-order valence-electron chi connectivity index (χ0n) is 11.2. The number of methoxy groups -OCH3 is 1. The Morgan fingerprint density at radius 1 is 1.29 bits per heavy atom. The highest BCUT2D eigenvalue weighted by atomic mass is 32.1. The van der Waals surface area contributed by atoms with Crippen LogP contribution in [0.4, 0.5) is 0 Å². The molecule has 0 bridgehead atoms. The summed E-state index contributed by atoms with van der Waals surface area (Å²) in [6.07, 6.45) is 1.14. The molecule has 1 heterocycles. The fraction of sp³-hybridized carbons (Fsp3) is 0.692. The molecule has 4 heteroatoms. The molecule has 0 aliphatic carbocycles. The first-order valence-corrected chi connectivity index (χ1v) is 7.03. The molecule has 0 spiro atoms. The van der Waals surface area contributed by atoms with Crippen LogP contribution in [0, 0.1) is 0 Å². The third-order valence-corrected chi connectivity index (χ3v) is 3.94. The van der Waals surface area contributed by atoms with E-state index in [0.29, 0.717) is 0 Å². The number of hydrogen-bond acceptors (Lipinski definition) is 4. The van der Waals surface area contributed by atoms with Gasteiger partial charge in [-0.2, -0.15) is 0 Å². The van der Waals surface area contributed by atoms with Crippen molar-refractivity contribution in [3.05, 3.63) is 21.9 Å². The lowest BCUT2D eigenvalue weighted by atomic mass is 10.3. The molecule has 0 atom stereocenters. The van der Waals surface area contributed by atoms with E-state index in [1.165, 1.54) is 9.75 Å². The molecule has 3 nitrogen and oxygen atoms in total. The Morgan fingerprint density at radius 3 is 2.71 bits per heavy atom. The van der Waals surface area contributed by atoms with Crippen molar-refractivity contribution in [3.63, 3.8) is 0 Å². The van der Waals surface area contributed by atoms with Crippen molar-refractivity contribution in [1.82, 2.24) is 10.2 Å². The van der Waals surface area contributed by atoms with E-state index in [2.05, 4.69) is 36.3 Å². The molecule has 0 saturated heterocycles. The maximum atomic E-state index is 5.04. The number of nitrogens with one attached hydrogen (secondary N) is 1. The second kappa shape index (κ2) is 8.64. The monoisotopic (exact) mass is 256 g/mol. The molecule has 1 N–H and O–H groups in total. The third-order valence-electron chi connectivity index (χ3n) is 2.71. The van der Waals surface area contributed by atoms with Crippen LogP contribution in [0.15, 0.2) is 12.1 Å². The molecule has 0 aliphatic heterocycles. The van der Waals surface area contributed by atoms with Gasteiger partial charge in [0.1, 0.15) is 0 Å². The molecule has 1 aromatic rings. The molecular formula is C13H24N2OS. The molecule has 0 saturated carbocycles. The topological polar surface area (TPSA) is 24.5 Å². The van der Waals surface area contributed by atoms with E-state index in [9.17, 15) is 0 Å². The summed E-state index contributed by atoms with van der Waals surface area (Å²) in [7, 11) is 3.87. The molecule has 98 valence electrons. The Morgan fingerprint density at radius 2 is 2.06 bits per heavy atom. The number of aryl methyl sites for hydroxylation is 1. The Labute approximate surface area is 109 Å². The minimum Gasteiger partial charge on any atom is -0.383 e. The quantitative estimate of drug-likeness (QED) is 0.684. The lowest BCUT2D eigenvalue weighted by Gasteiger charge is -2.15. The molecule has 0 aromatic carbocycles. The van der Waals surface area contributed by atoms with E-state index in [-0.39, 0.29) is 0 Å². The summed E-state index contributed by atoms with van der Waals surface area (Å²) < 4.78 is 5.04. The third kappa shape index (κ3) is 6.17. The predicted octanol–water partition coefficient (Wildman–Crippen LogP) is 1.98. The van der Waals surface area contributed by atoms with Gasteiger partial charge in [0.25, 0.3) is 0 Å². The van der Waals surface area contributed by atoms with Crippen LogP contribution in [0.25, 0.3) is 0 Å². The van der Waals surface area contributed by atoms with Gasteiger partial charge in [0, 0.05) is 43.0 Å². The number of nitrogens with zero attached hydrogens (tertiary/aromatic N) is 1. The van der Waals surface area contributed by atoms with Gasteiger partial charge in [-0.15, -0.1) is 11.3 Å². The zero-order valence-corrected chi connectivity index (χ0v) is 12.0. The number of thiophene rings is 1. The van der Waals surface area contributed by atoms with E-state index < -0.39 is 0 Å². The van der Waals surface area contributed by atoms with Gasteiger partial charge in [-0.3, -0.25) is 0 Å². The highest BCUT2D eigenvalue weighted by Crippen LogP contribution is 2.16. The lowest BCUT2D eigenvalue weighted by Crippen LogP contribution is -2.31. The minimum absolute atomic E-state index is 0.807. The number of likely N-dealkylation sites (N-methyl/N-ethyl adjacent to an activating group) is 1. The molecule has 0 unspecified atom stereocenters. The average molecular weight is 256 g/mol. The van der Waals surface area contributed by atoms with Gasteiger partial charge >= 0.3 is 0 Å². The van der Waals surface area contributed by atoms with Crippen LogP contribution in [-0.4, -0.2) is 45.3 Å². The highest BCUT2D eigenvalue weighted by molar-refractivity contribution is 7.11. The molecule has 0 radical (unpaired) electrons. The van der Waals surface area contributed by atoms with E-state index in [1.807, 2.05) is 11.3 Å².